The molecule has 0 saturated heterocycles. The fourth-order valence-electron chi connectivity index (χ4n) is 2.05. The van der Waals surface area contributed by atoms with Crippen LogP contribution in [0.2, 0.25) is 0 Å². The lowest BCUT2D eigenvalue weighted by Gasteiger charge is -2.25. The van der Waals surface area contributed by atoms with E-state index in [2.05, 4.69) is 0 Å². The Kier molecular flexibility index (Phi) is 5.47. The molecule has 0 fully saturated rings. The van der Waals surface area contributed by atoms with Gasteiger partial charge in [-0.15, -0.1) is 0 Å². The second kappa shape index (κ2) is 6.53. The molecule has 0 aliphatic heterocycles. The number of sulfonamides is 1. The first-order valence-corrected chi connectivity index (χ1v) is 8.12. The summed E-state index contributed by atoms with van der Waals surface area (Å²) in [5.41, 5.74) is -0.637. The van der Waals surface area contributed by atoms with Gasteiger partial charge in [-0.25, -0.2) is 17.6 Å². The van der Waals surface area contributed by atoms with Crippen LogP contribution in [0.3, 0.4) is 0 Å². The Hall–Kier alpha value is -1.47. The van der Waals surface area contributed by atoms with Gasteiger partial charge in [-0.1, -0.05) is 6.92 Å². The highest BCUT2D eigenvalue weighted by molar-refractivity contribution is 7.89. The molecule has 1 rings (SSSR count). The maximum atomic E-state index is 13.7. The molecule has 0 aliphatic rings. The van der Waals surface area contributed by atoms with Crippen molar-refractivity contribution in [1.82, 2.24) is 4.31 Å². The molecule has 1 aromatic carbocycles. The smallest absolute Gasteiger partial charge is 0.338 e. The molecular weight excluding hydrogens is 297 g/mol. The lowest BCUT2D eigenvalue weighted by molar-refractivity contribution is 0.0691. The minimum absolute atomic E-state index is 0.00585. The molecule has 0 bridgehead atoms. The van der Waals surface area contributed by atoms with Gasteiger partial charge in [0.15, 0.2) is 0 Å². The lowest BCUT2D eigenvalue weighted by atomic mass is 10.1. The Morgan fingerprint density at radius 3 is 2.38 bits per heavy atom. The first kappa shape index (κ1) is 17.6. The van der Waals surface area contributed by atoms with E-state index in [1.54, 1.807) is 13.8 Å². The number of carboxylic acids is 1. The Labute approximate surface area is 124 Å². The third kappa shape index (κ3) is 3.59. The maximum Gasteiger partial charge on any atom is 0.338 e. The highest BCUT2D eigenvalue weighted by Crippen LogP contribution is 2.24. The molecule has 0 amide bonds. The van der Waals surface area contributed by atoms with Gasteiger partial charge in [0.1, 0.15) is 5.82 Å². The first-order valence-electron chi connectivity index (χ1n) is 6.68. The van der Waals surface area contributed by atoms with Gasteiger partial charge in [-0.3, -0.25) is 0 Å². The molecule has 0 aromatic heterocycles. The van der Waals surface area contributed by atoms with Crippen molar-refractivity contribution in [1.29, 1.82) is 0 Å². The molecule has 5 nitrogen and oxygen atoms in total. The quantitative estimate of drug-likeness (QED) is 0.875. The number of rotatable bonds is 6. The summed E-state index contributed by atoms with van der Waals surface area (Å²) in [6.45, 7) is 6.99. The number of aromatic carboxylic acids is 1. The first-order chi connectivity index (χ1) is 9.62. The highest BCUT2D eigenvalue weighted by atomic mass is 32.2. The van der Waals surface area contributed by atoms with E-state index in [1.807, 2.05) is 6.92 Å². The summed E-state index contributed by atoms with van der Waals surface area (Å²) >= 11 is 0. The average molecular weight is 317 g/mol. The maximum absolute atomic E-state index is 13.7. The minimum atomic E-state index is -3.85. The predicted octanol–water partition coefficient (Wildman–Crippen LogP) is 2.64. The molecule has 21 heavy (non-hydrogen) atoms. The van der Waals surface area contributed by atoms with Gasteiger partial charge >= 0.3 is 5.97 Å². The van der Waals surface area contributed by atoms with Crippen LogP contribution >= 0.6 is 0 Å². The van der Waals surface area contributed by atoms with Crippen molar-refractivity contribution in [3.05, 3.63) is 29.1 Å². The van der Waals surface area contributed by atoms with Crippen molar-refractivity contribution >= 4 is 16.0 Å². The van der Waals surface area contributed by atoms with Crippen LogP contribution in [0.1, 0.15) is 43.1 Å². The van der Waals surface area contributed by atoms with Crippen LogP contribution in [0.25, 0.3) is 0 Å². The number of carboxylic acid groups (broad SMARTS) is 1. The second-order valence-electron chi connectivity index (χ2n) is 5.12. The van der Waals surface area contributed by atoms with Crippen molar-refractivity contribution in [2.24, 2.45) is 0 Å². The van der Waals surface area contributed by atoms with E-state index >= 15 is 0 Å². The summed E-state index contributed by atoms with van der Waals surface area (Å²) in [4.78, 5) is 10.8. The second-order valence-corrected chi connectivity index (χ2v) is 7.01. The third-order valence-electron chi connectivity index (χ3n) is 3.09. The van der Waals surface area contributed by atoms with E-state index in [0.717, 1.165) is 6.07 Å². The van der Waals surface area contributed by atoms with Crippen LogP contribution in [0, 0.1) is 12.7 Å². The molecule has 7 heteroatoms. The monoisotopic (exact) mass is 317 g/mol. The van der Waals surface area contributed by atoms with Gasteiger partial charge in [-0.05, 0) is 44.9 Å². The molecule has 0 heterocycles. The number of aryl methyl sites for hydroxylation is 1. The van der Waals surface area contributed by atoms with E-state index in [1.165, 1.54) is 17.3 Å². The molecule has 0 atom stereocenters. The zero-order valence-electron chi connectivity index (χ0n) is 12.6. The van der Waals surface area contributed by atoms with Crippen LogP contribution in [0.5, 0.6) is 0 Å². The number of benzene rings is 1. The van der Waals surface area contributed by atoms with Crippen molar-refractivity contribution in [3.8, 4) is 0 Å². The van der Waals surface area contributed by atoms with E-state index in [9.17, 15) is 17.6 Å². The van der Waals surface area contributed by atoms with Crippen LogP contribution < -0.4 is 0 Å². The van der Waals surface area contributed by atoms with E-state index in [4.69, 9.17) is 5.11 Å². The minimum Gasteiger partial charge on any atom is -0.478 e. The van der Waals surface area contributed by atoms with Gasteiger partial charge in [-0.2, -0.15) is 4.31 Å². The SMILES string of the molecule is CCCN(C(C)C)S(=O)(=O)c1cc(C)c(F)c(C(=O)O)c1. The van der Waals surface area contributed by atoms with Crippen molar-refractivity contribution in [2.45, 2.75) is 45.1 Å². The predicted molar refractivity (Wildman–Crippen MR) is 77.4 cm³/mol. The van der Waals surface area contributed by atoms with Gasteiger partial charge in [0.05, 0.1) is 10.5 Å². The van der Waals surface area contributed by atoms with Crippen molar-refractivity contribution in [2.75, 3.05) is 6.54 Å². The molecule has 0 unspecified atom stereocenters. The average Bonchev–Trinajstić information content (AvgIpc) is 2.37. The molecule has 1 N–H and O–H groups in total. The number of nitrogens with zero attached hydrogens (tertiary/aromatic N) is 1. The van der Waals surface area contributed by atoms with Crippen LogP contribution in [-0.2, 0) is 10.0 Å². The van der Waals surface area contributed by atoms with E-state index < -0.39 is 27.4 Å². The summed E-state index contributed by atoms with van der Waals surface area (Å²) in [5.74, 6) is -2.40. The third-order valence-corrected chi connectivity index (χ3v) is 5.14. The summed E-state index contributed by atoms with van der Waals surface area (Å²) in [5, 5.41) is 8.98. The van der Waals surface area contributed by atoms with E-state index in [0.29, 0.717) is 13.0 Å². The summed E-state index contributed by atoms with van der Waals surface area (Å²) in [6.07, 6.45) is 0.628. The number of hydrogen-bond donors (Lipinski definition) is 1. The van der Waals surface area contributed by atoms with Crippen LogP contribution in [0.15, 0.2) is 17.0 Å². The molecule has 0 saturated carbocycles. The Morgan fingerprint density at radius 1 is 1.38 bits per heavy atom. The number of carbonyl (C=O) groups is 1. The Balaban J connectivity index is 3.47. The van der Waals surface area contributed by atoms with Gasteiger partial charge in [0, 0.05) is 12.6 Å². The van der Waals surface area contributed by atoms with Gasteiger partial charge < -0.3 is 5.11 Å². The van der Waals surface area contributed by atoms with E-state index in [-0.39, 0.29) is 16.5 Å². The normalized spacial score (nSPS) is 12.1. The molecular formula is C14H20FNO4S. The molecule has 0 aliphatic carbocycles. The molecule has 0 radical (unpaired) electrons. The van der Waals surface area contributed by atoms with Gasteiger partial charge in [0.25, 0.3) is 0 Å². The summed E-state index contributed by atoms with van der Waals surface area (Å²) in [7, 11) is -3.85. The fourth-order valence-corrected chi connectivity index (χ4v) is 3.89. The molecule has 0 spiro atoms. The zero-order chi connectivity index (χ0) is 16.4. The van der Waals surface area contributed by atoms with Crippen LogP contribution in [0.4, 0.5) is 4.39 Å². The molecule has 118 valence electrons. The summed E-state index contributed by atoms with van der Waals surface area (Å²) in [6, 6.07) is 1.78. The number of halogens is 1. The highest BCUT2D eigenvalue weighted by Gasteiger charge is 2.28. The molecule has 1 aromatic rings. The van der Waals surface area contributed by atoms with Crippen molar-refractivity contribution < 1.29 is 22.7 Å². The largest absolute Gasteiger partial charge is 0.478 e. The number of hydrogen-bond acceptors (Lipinski definition) is 3. The topological polar surface area (TPSA) is 74.7 Å². The fraction of sp³-hybridized carbons (Fsp3) is 0.500. The van der Waals surface area contributed by atoms with Crippen LogP contribution in [-0.4, -0.2) is 36.4 Å². The standard InChI is InChI=1S/C14H20FNO4S/c1-5-6-16(9(2)3)21(19,20)11-7-10(4)13(15)12(8-11)14(17)18/h7-9H,5-6H2,1-4H3,(H,17,18). The van der Waals surface area contributed by atoms with Gasteiger partial charge in [0.2, 0.25) is 10.0 Å². The summed E-state index contributed by atoms with van der Waals surface area (Å²) < 4.78 is 40.2. The Bertz CT molecular complexity index is 641. The Morgan fingerprint density at radius 2 is 1.95 bits per heavy atom. The zero-order valence-corrected chi connectivity index (χ0v) is 13.4. The van der Waals surface area contributed by atoms with Crippen molar-refractivity contribution in [3.63, 3.8) is 0 Å². The lowest BCUT2D eigenvalue weighted by Crippen LogP contribution is -2.37.